The third-order valence-corrected chi connectivity index (χ3v) is 3.18. The summed E-state index contributed by atoms with van der Waals surface area (Å²) in [4.78, 5) is 12.2. The summed E-state index contributed by atoms with van der Waals surface area (Å²) in [5.74, 6) is -0.357. The van der Waals surface area contributed by atoms with Gasteiger partial charge in [0.15, 0.2) is 0 Å². The summed E-state index contributed by atoms with van der Waals surface area (Å²) in [7, 11) is 0. The van der Waals surface area contributed by atoms with E-state index in [-0.39, 0.29) is 17.2 Å². The molecule has 2 aromatic rings. The Balaban J connectivity index is 2.30. The first-order valence-electron chi connectivity index (χ1n) is 6.42. The molecular weight excluding hydrogens is 252 g/mol. The van der Waals surface area contributed by atoms with Crippen molar-refractivity contribution in [1.82, 2.24) is 0 Å². The van der Waals surface area contributed by atoms with E-state index in [2.05, 4.69) is 5.32 Å². The van der Waals surface area contributed by atoms with Gasteiger partial charge in [0.25, 0.3) is 5.91 Å². The fraction of sp³-hybridized carbons (Fsp3) is 0.188. The molecular formula is C16H18N2O2. The molecule has 0 heterocycles. The molecule has 104 valence electrons. The van der Waals surface area contributed by atoms with Crippen LogP contribution < -0.4 is 11.1 Å². The van der Waals surface area contributed by atoms with Crippen molar-refractivity contribution >= 4 is 11.6 Å². The number of carbonyl (C=O) groups excluding carboxylic acids is 1. The summed E-state index contributed by atoms with van der Waals surface area (Å²) >= 11 is 0. The Labute approximate surface area is 118 Å². The van der Waals surface area contributed by atoms with E-state index in [0.29, 0.717) is 12.2 Å². The first-order chi connectivity index (χ1) is 9.51. The Morgan fingerprint density at radius 1 is 1.20 bits per heavy atom. The summed E-state index contributed by atoms with van der Waals surface area (Å²) in [6.07, 6.45) is 0. The van der Waals surface area contributed by atoms with Crippen molar-refractivity contribution in [3.63, 3.8) is 0 Å². The van der Waals surface area contributed by atoms with Gasteiger partial charge in [0.1, 0.15) is 5.75 Å². The molecule has 0 radical (unpaired) electrons. The fourth-order valence-electron chi connectivity index (χ4n) is 1.95. The molecule has 0 saturated heterocycles. The number of benzene rings is 2. The monoisotopic (exact) mass is 270 g/mol. The van der Waals surface area contributed by atoms with Gasteiger partial charge in [0.05, 0.1) is 5.56 Å². The Bertz CT molecular complexity index is 651. The maximum absolute atomic E-state index is 12.2. The minimum Gasteiger partial charge on any atom is -0.507 e. The number of aromatic hydroxyl groups is 1. The number of aryl methyl sites for hydroxylation is 2. The van der Waals surface area contributed by atoms with Crippen molar-refractivity contribution in [1.29, 1.82) is 0 Å². The number of hydrogen-bond acceptors (Lipinski definition) is 3. The second-order valence-corrected chi connectivity index (χ2v) is 4.83. The molecule has 4 nitrogen and oxygen atoms in total. The van der Waals surface area contributed by atoms with Crippen LogP contribution in [0.15, 0.2) is 36.4 Å². The summed E-state index contributed by atoms with van der Waals surface area (Å²) < 4.78 is 0. The van der Waals surface area contributed by atoms with Crippen LogP contribution in [0.5, 0.6) is 5.75 Å². The van der Waals surface area contributed by atoms with E-state index in [4.69, 9.17) is 5.73 Å². The molecule has 0 fully saturated rings. The van der Waals surface area contributed by atoms with Gasteiger partial charge in [0, 0.05) is 12.2 Å². The van der Waals surface area contributed by atoms with Crippen LogP contribution in [-0.2, 0) is 6.54 Å². The lowest BCUT2D eigenvalue weighted by Gasteiger charge is -2.11. The molecule has 0 saturated carbocycles. The topological polar surface area (TPSA) is 75.3 Å². The van der Waals surface area contributed by atoms with Crippen LogP contribution in [0.2, 0.25) is 0 Å². The predicted octanol–water partition coefficient (Wildman–Crippen LogP) is 2.72. The number of carbonyl (C=O) groups is 1. The van der Waals surface area contributed by atoms with E-state index >= 15 is 0 Å². The average Bonchev–Trinajstić information content (AvgIpc) is 2.43. The van der Waals surface area contributed by atoms with Crippen molar-refractivity contribution in [2.45, 2.75) is 20.4 Å². The van der Waals surface area contributed by atoms with Gasteiger partial charge in [0.2, 0.25) is 0 Å². The zero-order chi connectivity index (χ0) is 14.7. The molecule has 4 heteroatoms. The molecule has 0 spiro atoms. The SMILES string of the molecule is Cc1ccc(O)c(C(=O)Nc2cc(CN)ccc2C)c1. The molecule has 20 heavy (non-hydrogen) atoms. The first kappa shape index (κ1) is 14.1. The number of rotatable bonds is 3. The smallest absolute Gasteiger partial charge is 0.259 e. The standard InChI is InChI=1S/C16H18N2O2/c1-10-3-6-15(19)13(7-10)16(20)18-14-8-12(9-17)5-4-11(14)2/h3-8,19H,9,17H2,1-2H3,(H,18,20). The molecule has 0 atom stereocenters. The van der Waals surface area contributed by atoms with E-state index in [1.54, 1.807) is 12.1 Å². The molecule has 0 aliphatic rings. The van der Waals surface area contributed by atoms with Crippen LogP contribution in [0.25, 0.3) is 0 Å². The Kier molecular flexibility index (Phi) is 4.05. The minimum absolute atomic E-state index is 0.0271. The first-order valence-corrected chi connectivity index (χ1v) is 6.42. The van der Waals surface area contributed by atoms with Crippen LogP contribution in [-0.4, -0.2) is 11.0 Å². The van der Waals surface area contributed by atoms with Gasteiger partial charge in [-0.05, 0) is 43.2 Å². The summed E-state index contributed by atoms with van der Waals surface area (Å²) in [6, 6.07) is 10.6. The van der Waals surface area contributed by atoms with Gasteiger partial charge in [-0.25, -0.2) is 0 Å². The number of hydrogen-bond donors (Lipinski definition) is 3. The zero-order valence-electron chi connectivity index (χ0n) is 11.6. The van der Waals surface area contributed by atoms with Crippen molar-refractivity contribution < 1.29 is 9.90 Å². The Morgan fingerprint density at radius 3 is 2.65 bits per heavy atom. The van der Waals surface area contributed by atoms with Gasteiger partial charge >= 0.3 is 0 Å². The number of nitrogens with two attached hydrogens (primary N) is 1. The normalized spacial score (nSPS) is 10.3. The number of anilines is 1. The highest BCUT2D eigenvalue weighted by Gasteiger charge is 2.12. The summed E-state index contributed by atoms with van der Waals surface area (Å²) in [6.45, 7) is 4.20. The number of phenolic OH excluding ortho intramolecular Hbond substituents is 1. The molecule has 0 aliphatic heterocycles. The van der Waals surface area contributed by atoms with Crippen molar-refractivity contribution in [2.75, 3.05) is 5.32 Å². The second kappa shape index (κ2) is 5.75. The fourth-order valence-corrected chi connectivity index (χ4v) is 1.95. The largest absolute Gasteiger partial charge is 0.507 e. The lowest BCUT2D eigenvalue weighted by atomic mass is 10.1. The average molecular weight is 270 g/mol. The second-order valence-electron chi connectivity index (χ2n) is 4.83. The van der Waals surface area contributed by atoms with Crippen LogP contribution in [0.3, 0.4) is 0 Å². The molecule has 2 rings (SSSR count). The van der Waals surface area contributed by atoms with Crippen LogP contribution in [0.4, 0.5) is 5.69 Å². The minimum atomic E-state index is -0.330. The molecule has 0 unspecified atom stereocenters. The molecule has 1 amide bonds. The van der Waals surface area contributed by atoms with Crippen LogP contribution in [0.1, 0.15) is 27.0 Å². The van der Waals surface area contributed by atoms with E-state index < -0.39 is 0 Å². The zero-order valence-corrected chi connectivity index (χ0v) is 11.6. The predicted molar refractivity (Wildman–Crippen MR) is 79.9 cm³/mol. The highest BCUT2D eigenvalue weighted by atomic mass is 16.3. The van der Waals surface area contributed by atoms with Gasteiger partial charge in [-0.3, -0.25) is 4.79 Å². The lowest BCUT2D eigenvalue weighted by Crippen LogP contribution is -2.13. The van der Waals surface area contributed by atoms with Crippen molar-refractivity contribution in [3.05, 3.63) is 58.7 Å². The Hall–Kier alpha value is -2.33. The van der Waals surface area contributed by atoms with Crippen molar-refractivity contribution in [3.8, 4) is 5.75 Å². The van der Waals surface area contributed by atoms with E-state index in [1.165, 1.54) is 6.07 Å². The summed E-state index contributed by atoms with van der Waals surface area (Å²) in [5, 5.41) is 12.6. The highest BCUT2D eigenvalue weighted by molar-refractivity contribution is 6.06. The third-order valence-electron chi connectivity index (χ3n) is 3.18. The Morgan fingerprint density at radius 2 is 1.95 bits per heavy atom. The quantitative estimate of drug-likeness (QED) is 0.802. The maximum atomic E-state index is 12.2. The van der Waals surface area contributed by atoms with Crippen LogP contribution in [0, 0.1) is 13.8 Å². The number of phenols is 1. The van der Waals surface area contributed by atoms with Gasteiger partial charge in [-0.2, -0.15) is 0 Å². The van der Waals surface area contributed by atoms with Gasteiger partial charge in [-0.15, -0.1) is 0 Å². The maximum Gasteiger partial charge on any atom is 0.259 e. The van der Waals surface area contributed by atoms with Crippen molar-refractivity contribution in [2.24, 2.45) is 5.73 Å². The van der Waals surface area contributed by atoms with Crippen LogP contribution >= 0.6 is 0 Å². The molecule has 0 bridgehead atoms. The molecule has 2 aromatic carbocycles. The van der Waals surface area contributed by atoms with Gasteiger partial charge < -0.3 is 16.2 Å². The molecule has 4 N–H and O–H groups in total. The van der Waals surface area contributed by atoms with E-state index in [9.17, 15) is 9.90 Å². The molecule has 0 aliphatic carbocycles. The van der Waals surface area contributed by atoms with Gasteiger partial charge in [-0.1, -0.05) is 23.8 Å². The number of nitrogens with one attached hydrogen (secondary N) is 1. The number of amides is 1. The molecule has 0 aromatic heterocycles. The third kappa shape index (κ3) is 2.97. The lowest BCUT2D eigenvalue weighted by molar-refractivity contribution is 0.102. The summed E-state index contributed by atoms with van der Waals surface area (Å²) in [5.41, 5.74) is 9.38. The van der Waals surface area contributed by atoms with E-state index in [0.717, 1.165) is 16.7 Å². The highest BCUT2D eigenvalue weighted by Crippen LogP contribution is 2.22. The van der Waals surface area contributed by atoms with E-state index in [1.807, 2.05) is 32.0 Å².